The van der Waals surface area contributed by atoms with E-state index in [1.807, 2.05) is 27.0 Å². The van der Waals surface area contributed by atoms with E-state index in [4.69, 9.17) is 21.1 Å². The van der Waals surface area contributed by atoms with Crippen molar-refractivity contribution >= 4 is 35.5 Å². The van der Waals surface area contributed by atoms with Crippen molar-refractivity contribution in [1.29, 1.82) is 0 Å². The summed E-state index contributed by atoms with van der Waals surface area (Å²) in [6.45, 7) is 12.5. The Balaban J connectivity index is 1.20. The van der Waals surface area contributed by atoms with Crippen LogP contribution in [-0.2, 0) is 21.4 Å². The van der Waals surface area contributed by atoms with E-state index in [9.17, 15) is 14.4 Å². The van der Waals surface area contributed by atoms with Gasteiger partial charge in [0, 0.05) is 73.3 Å². The molecule has 50 heavy (non-hydrogen) atoms. The average Bonchev–Trinajstić information content (AvgIpc) is 3.83. The van der Waals surface area contributed by atoms with Crippen LogP contribution in [0.3, 0.4) is 0 Å². The number of hydrogen-bond acceptors (Lipinski definition) is 7. The maximum Gasteiger partial charge on any atom is 0.416 e. The highest BCUT2D eigenvalue weighted by atomic mass is 35.5. The molecule has 1 saturated heterocycles. The smallest absolute Gasteiger partial charge is 0.416 e. The Morgan fingerprint density at radius 2 is 1.70 bits per heavy atom. The van der Waals surface area contributed by atoms with Gasteiger partial charge < -0.3 is 19.3 Å². The lowest BCUT2D eigenvalue weighted by molar-refractivity contribution is 0.0288. The van der Waals surface area contributed by atoms with Crippen LogP contribution in [0.1, 0.15) is 88.3 Å². The maximum absolute atomic E-state index is 16.3. The standard InChI is InChI=1S/C37H44ClFN6O5/c1-35(2,3)49-33(47)43-16-13-24(21-43)45-20-23(17-41-45)19-42(7)32(46)26-12-10-11-25(30(26)39)27-18-40-31-28(29(27)38)37(14-8-9-15-37)22-44(31)34(48)50-36(4,5)6/h8-12,17-18,20,24H,13-16,19,21-22H2,1-7H3. The molecule has 1 fully saturated rings. The summed E-state index contributed by atoms with van der Waals surface area (Å²) >= 11 is 7.10. The van der Waals surface area contributed by atoms with Gasteiger partial charge in [-0.15, -0.1) is 0 Å². The summed E-state index contributed by atoms with van der Waals surface area (Å²) in [6, 6.07) is 4.63. The van der Waals surface area contributed by atoms with Crippen molar-refractivity contribution < 1.29 is 28.2 Å². The molecule has 4 heterocycles. The third kappa shape index (κ3) is 6.95. The Hall–Kier alpha value is -4.45. The molecule has 13 heteroatoms. The van der Waals surface area contributed by atoms with Crippen LogP contribution in [0.5, 0.6) is 0 Å². The molecule has 0 N–H and O–H groups in total. The minimum atomic E-state index is -0.711. The van der Waals surface area contributed by atoms with E-state index in [-0.39, 0.29) is 29.8 Å². The topological polar surface area (TPSA) is 110 Å². The van der Waals surface area contributed by atoms with E-state index in [0.29, 0.717) is 54.4 Å². The summed E-state index contributed by atoms with van der Waals surface area (Å²) in [7, 11) is 1.61. The molecule has 11 nitrogen and oxygen atoms in total. The van der Waals surface area contributed by atoms with Crippen LogP contribution in [-0.4, -0.2) is 80.5 Å². The van der Waals surface area contributed by atoms with E-state index in [1.165, 1.54) is 22.1 Å². The highest BCUT2D eigenvalue weighted by Crippen LogP contribution is 2.52. The second-order valence-corrected chi connectivity index (χ2v) is 15.8. The zero-order chi connectivity index (χ0) is 36.2. The fourth-order valence-electron chi connectivity index (χ4n) is 6.87. The summed E-state index contributed by atoms with van der Waals surface area (Å²) in [6.07, 6.45) is 10.2. The van der Waals surface area contributed by atoms with Gasteiger partial charge in [-0.05, 0) is 66.9 Å². The van der Waals surface area contributed by atoms with E-state index >= 15 is 4.39 Å². The number of nitrogens with zero attached hydrogens (tertiary/aromatic N) is 6. The number of aromatic nitrogens is 3. The van der Waals surface area contributed by atoms with Crippen molar-refractivity contribution in [3.8, 4) is 11.1 Å². The number of likely N-dealkylation sites (tertiary alicyclic amines) is 1. The van der Waals surface area contributed by atoms with Gasteiger partial charge in [0.1, 0.15) is 22.8 Å². The molecule has 3 amide bonds. The fraction of sp³-hybridized carbons (Fsp3) is 0.486. The number of amides is 3. The van der Waals surface area contributed by atoms with E-state index < -0.39 is 34.4 Å². The van der Waals surface area contributed by atoms with Gasteiger partial charge in [-0.2, -0.15) is 5.10 Å². The van der Waals surface area contributed by atoms with E-state index in [1.54, 1.807) is 55.7 Å². The summed E-state index contributed by atoms with van der Waals surface area (Å²) in [5.74, 6) is -0.816. The zero-order valence-corrected chi connectivity index (χ0v) is 30.4. The average molecular weight is 707 g/mol. The molecule has 2 aliphatic heterocycles. The quantitative estimate of drug-likeness (QED) is 0.252. The summed E-state index contributed by atoms with van der Waals surface area (Å²) in [4.78, 5) is 48.6. The van der Waals surface area contributed by atoms with Crippen LogP contribution in [0.2, 0.25) is 5.02 Å². The third-order valence-electron chi connectivity index (χ3n) is 9.17. The molecular weight excluding hydrogens is 663 g/mol. The lowest BCUT2D eigenvalue weighted by Gasteiger charge is -2.27. The van der Waals surface area contributed by atoms with Crippen LogP contribution in [0.15, 0.2) is 48.9 Å². The van der Waals surface area contributed by atoms with Gasteiger partial charge in [-0.1, -0.05) is 35.9 Å². The molecule has 0 saturated carbocycles. The molecule has 266 valence electrons. The number of fused-ring (bicyclic) bond motifs is 2. The van der Waals surface area contributed by atoms with Gasteiger partial charge >= 0.3 is 12.2 Å². The van der Waals surface area contributed by atoms with Gasteiger partial charge in [0.15, 0.2) is 0 Å². The molecule has 1 aromatic carbocycles. The summed E-state index contributed by atoms with van der Waals surface area (Å²) in [5.41, 5.74) is 0.0443. The third-order valence-corrected chi connectivity index (χ3v) is 9.56. The molecule has 1 unspecified atom stereocenters. The van der Waals surface area contributed by atoms with Crippen molar-refractivity contribution in [2.45, 2.75) is 90.0 Å². The van der Waals surface area contributed by atoms with Crippen molar-refractivity contribution in [3.05, 3.63) is 76.5 Å². The predicted octanol–water partition coefficient (Wildman–Crippen LogP) is 7.53. The number of rotatable bonds is 5. The first kappa shape index (κ1) is 35.4. The Labute approximate surface area is 297 Å². The van der Waals surface area contributed by atoms with Gasteiger partial charge in [-0.3, -0.25) is 14.4 Å². The number of halogens is 2. The number of pyridine rings is 1. The fourth-order valence-corrected chi connectivity index (χ4v) is 7.30. The van der Waals surface area contributed by atoms with Crippen molar-refractivity contribution in [3.63, 3.8) is 0 Å². The van der Waals surface area contributed by atoms with E-state index in [2.05, 4.69) is 22.2 Å². The molecule has 3 aromatic rings. The summed E-state index contributed by atoms with van der Waals surface area (Å²) < 4.78 is 29.3. The minimum absolute atomic E-state index is 0.0209. The lowest BCUT2D eigenvalue weighted by Crippen LogP contribution is -2.39. The first-order chi connectivity index (χ1) is 23.5. The molecule has 1 atom stereocenters. The van der Waals surface area contributed by atoms with Crippen LogP contribution in [0.4, 0.5) is 19.8 Å². The Kier molecular flexibility index (Phi) is 9.21. The monoisotopic (exact) mass is 706 g/mol. The number of anilines is 1. The second kappa shape index (κ2) is 13.0. The Morgan fingerprint density at radius 3 is 2.38 bits per heavy atom. The SMILES string of the molecule is CN(Cc1cnn(C2CCN(C(=O)OC(C)(C)C)C2)c1)C(=O)c1cccc(-c2cnc3c(c2Cl)C2(CC=CC2)CN3C(=O)OC(C)(C)C)c1F. The van der Waals surface area contributed by atoms with Crippen molar-refractivity contribution in [1.82, 2.24) is 24.6 Å². The number of ether oxygens (including phenoxy) is 2. The molecule has 1 aliphatic carbocycles. The number of carbonyl (C=O) groups is 3. The molecule has 1 spiro atoms. The normalized spacial score (nSPS) is 18.1. The Morgan fingerprint density at radius 1 is 1.02 bits per heavy atom. The zero-order valence-electron chi connectivity index (χ0n) is 29.6. The summed E-state index contributed by atoms with van der Waals surface area (Å²) in [5, 5.41) is 4.79. The molecular formula is C37H44ClFN6O5. The second-order valence-electron chi connectivity index (χ2n) is 15.4. The first-order valence-corrected chi connectivity index (χ1v) is 17.2. The van der Waals surface area contributed by atoms with Crippen LogP contribution < -0.4 is 4.90 Å². The number of carbonyl (C=O) groups excluding carboxylic acids is 3. The molecule has 0 radical (unpaired) electrons. The van der Waals surface area contributed by atoms with Crippen LogP contribution in [0.25, 0.3) is 11.1 Å². The van der Waals surface area contributed by atoms with Gasteiger partial charge in [0.2, 0.25) is 0 Å². The molecule has 0 bridgehead atoms. The number of allylic oxidation sites excluding steroid dienone is 2. The highest BCUT2D eigenvalue weighted by Gasteiger charge is 2.49. The highest BCUT2D eigenvalue weighted by molar-refractivity contribution is 6.35. The van der Waals surface area contributed by atoms with Crippen molar-refractivity contribution in [2.24, 2.45) is 0 Å². The molecule has 3 aliphatic rings. The predicted molar refractivity (Wildman–Crippen MR) is 188 cm³/mol. The van der Waals surface area contributed by atoms with Gasteiger partial charge in [-0.25, -0.2) is 19.0 Å². The molecule has 2 aromatic heterocycles. The molecule has 6 rings (SSSR count). The van der Waals surface area contributed by atoms with Gasteiger partial charge in [0.05, 0.1) is 22.8 Å². The largest absolute Gasteiger partial charge is 0.444 e. The van der Waals surface area contributed by atoms with Crippen LogP contribution in [0, 0.1) is 5.82 Å². The lowest BCUT2D eigenvalue weighted by atomic mass is 9.80. The van der Waals surface area contributed by atoms with E-state index in [0.717, 1.165) is 12.0 Å². The number of benzene rings is 1. The first-order valence-electron chi connectivity index (χ1n) is 16.9. The Bertz CT molecular complexity index is 1850. The maximum atomic E-state index is 16.3. The van der Waals surface area contributed by atoms with Gasteiger partial charge in [0.25, 0.3) is 5.91 Å². The van der Waals surface area contributed by atoms with Crippen LogP contribution >= 0.6 is 11.6 Å². The van der Waals surface area contributed by atoms with Crippen molar-refractivity contribution in [2.75, 3.05) is 31.6 Å². The minimum Gasteiger partial charge on any atom is -0.444 e. The number of hydrogen-bond donors (Lipinski definition) is 0.